The van der Waals surface area contributed by atoms with Gasteiger partial charge in [0, 0.05) is 0 Å². The number of rotatable bonds is 3. The normalized spacial score (nSPS) is 20.2. The molecule has 0 aliphatic heterocycles. The summed E-state index contributed by atoms with van der Waals surface area (Å²) in [5.41, 5.74) is 9.73. The van der Waals surface area contributed by atoms with Gasteiger partial charge in [-0.1, -0.05) is 24.6 Å². The molecule has 0 spiro atoms. The van der Waals surface area contributed by atoms with E-state index in [1.165, 1.54) is 17.5 Å². The van der Waals surface area contributed by atoms with Gasteiger partial charge in [-0.2, -0.15) is 0 Å². The Morgan fingerprint density at radius 1 is 1.31 bits per heavy atom. The topological polar surface area (TPSA) is 46.2 Å². The number of hydrogen-bond donors (Lipinski definition) is 2. The summed E-state index contributed by atoms with van der Waals surface area (Å²) in [6, 6.07) is 5.91. The lowest BCUT2D eigenvalue weighted by Gasteiger charge is -2.34. The number of aliphatic hydroxyl groups excluding tert-OH is 1. The van der Waals surface area contributed by atoms with Gasteiger partial charge in [-0.25, -0.2) is 0 Å². The highest BCUT2D eigenvalue weighted by Gasteiger charge is 2.31. The monoisotopic (exact) mass is 219 g/mol. The molecule has 0 aromatic heterocycles. The maximum absolute atomic E-state index is 10.2. The number of benzene rings is 1. The Kier molecular flexibility index (Phi) is 3.31. The lowest BCUT2D eigenvalue weighted by Crippen LogP contribution is -2.36. The van der Waals surface area contributed by atoms with Crippen molar-refractivity contribution >= 4 is 0 Å². The van der Waals surface area contributed by atoms with Crippen LogP contribution in [0.25, 0.3) is 0 Å². The predicted octanol–water partition coefficient (Wildman–Crippen LogP) is 2.46. The lowest BCUT2D eigenvalue weighted by molar-refractivity contribution is 0.0412. The summed E-state index contributed by atoms with van der Waals surface area (Å²) in [5.74, 6) is 0.412. The van der Waals surface area contributed by atoms with Crippen LogP contribution in [0, 0.1) is 19.8 Å². The Balaban J connectivity index is 2.19. The number of nitrogens with two attached hydrogens (primary N) is 1. The molecule has 0 amide bonds. The van der Waals surface area contributed by atoms with Crippen molar-refractivity contribution in [2.45, 2.75) is 45.3 Å². The molecule has 3 N–H and O–H groups in total. The zero-order valence-corrected chi connectivity index (χ0v) is 10.1. The Morgan fingerprint density at radius 2 is 2.00 bits per heavy atom. The first-order valence-electron chi connectivity index (χ1n) is 6.11. The third-order valence-electron chi connectivity index (χ3n) is 4.01. The van der Waals surface area contributed by atoms with Crippen LogP contribution in [0.1, 0.15) is 42.0 Å². The summed E-state index contributed by atoms with van der Waals surface area (Å²) in [6.07, 6.45) is 3.11. The summed E-state index contributed by atoms with van der Waals surface area (Å²) < 4.78 is 0. The summed E-state index contributed by atoms with van der Waals surface area (Å²) in [6.45, 7) is 4.17. The van der Waals surface area contributed by atoms with Crippen molar-refractivity contribution in [3.63, 3.8) is 0 Å². The molecule has 0 saturated heterocycles. The highest BCUT2D eigenvalue weighted by Crippen LogP contribution is 2.35. The molecule has 16 heavy (non-hydrogen) atoms. The third-order valence-corrected chi connectivity index (χ3v) is 4.01. The van der Waals surface area contributed by atoms with Crippen LogP contribution in [0.3, 0.4) is 0 Å². The van der Waals surface area contributed by atoms with E-state index in [1.807, 2.05) is 12.1 Å². The summed E-state index contributed by atoms with van der Waals surface area (Å²) in [7, 11) is 0. The minimum Gasteiger partial charge on any atom is -0.391 e. The third kappa shape index (κ3) is 2.00. The Hall–Kier alpha value is -0.860. The van der Waals surface area contributed by atoms with Gasteiger partial charge in [0.25, 0.3) is 0 Å². The molecule has 1 fully saturated rings. The van der Waals surface area contributed by atoms with Gasteiger partial charge in [0.1, 0.15) is 0 Å². The predicted molar refractivity (Wildman–Crippen MR) is 66.2 cm³/mol. The van der Waals surface area contributed by atoms with Gasteiger partial charge >= 0.3 is 0 Å². The fourth-order valence-electron chi connectivity index (χ4n) is 2.39. The Labute approximate surface area is 97.5 Å². The van der Waals surface area contributed by atoms with E-state index >= 15 is 0 Å². The van der Waals surface area contributed by atoms with Crippen molar-refractivity contribution in [1.82, 2.24) is 0 Å². The molecule has 88 valence electrons. The Bertz CT molecular complexity index is 371. The van der Waals surface area contributed by atoms with Gasteiger partial charge in [-0.05, 0) is 49.3 Å². The van der Waals surface area contributed by atoms with Crippen LogP contribution in [0.2, 0.25) is 0 Å². The fourth-order valence-corrected chi connectivity index (χ4v) is 2.39. The number of hydrogen-bond acceptors (Lipinski definition) is 2. The molecule has 1 saturated carbocycles. The highest BCUT2D eigenvalue weighted by atomic mass is 16.3. The smallest absolute Gasteiger partial charge is 0.0760 e. The van der Waals surface area contributed by atoms with Crippen LogP contribution in [-0.4, -0.2) is 11.2 Å². The van der Waals surface area contributed by atoms with E-state index in [9.17, 15) is 5.11 Å². The van der Waals surface area contributed by atoms with Crippen LogP contribution >= 0.6 is 0 Å². The fraction of sp³-hybridized carbons (Fsp3) is 0.571. The maximum atomic E-state index is 10.2. The molecular weight excluding hydrogens is 198 g/mol. The van der Waals surface area contributed by atoms with Crippen LogP contribution in [0.4, 0.5) is 0 Å². The van der Waals surface area contributed by atoms with Crippen molar-refractivity contribution < 1.29 is 5.11 Å². The molecule has 1 aliphatic carbocycles. The average molecular weight is 219 g/mol. The quantitative estimate of drug-likeness (QED) is 0.820. The van der Waals surface area contributed by atoms with E-state index in [0.29, 0.717) is 5.92 Å². The largest absolute Gasteiger partial charge is 0.391 e. The second kappa shape index (κ2) is 4.56. The summed E-state index contributed by atoms with van der Waals surface area (Å²) in [4.78, 5) is 0. The minimum atomic E-state index is -0.380. The minimum absolute atomic E-state index is 0.231. The first-order valence-corrected chi connectivity index (χ1v) is 6.11. The molecule has 0 radical (unpaired) electrons. The van der Waals surface area contributed by atoms with Crippen LogP contribution in [-0.2, 0) is 0 Å². The van der Waals surface area contributed by atoms with E-state index in [2.05, 4.69) is 19.9 Å². The van der Waals surface area contributed by atoms with Crippen LogP contribution < -0.4 is 5.73 Å². The second-order valence-corrected chi connectivity index (χ2v) is 5.00. The first kappa shape index (κ1) is 11.6. The Morgan fingerprint density at radius 3 is 2.56 bits per heavy atom. The molecule has 0 bridgehead atoms. The van der Waals surface area contributed by atoms with Gasteiger partial charge in [0.2, 0.25) is 0 Å². The van der Waals surface area contributed by atoms with E-state index in [0.717, 1.165) is 18.4 Å². The standard InChI is InChI=1S/C14H21NO/c1-9-5-3-8-12(10(9)2)13(15)14(16)11-6-4-7-11/h3,5,8,11,13-14,16H,4,6-7,15H2,1-2H3/t13-,14+/m1/s1. The van der Waals surface area contributed by atoms with Gasteiger partial charge in [-0.3, -0.25) is 0 Å². The van der Waals surface area contributed by atoms with Gasteiger partial charge < -0.3 is 10.8 Å². The van der Waals surface area contributed by atoms with E-state index in [4.69, 9.17) is 5.73 Å². The lowest BCUT2D eigenvalue weighted by atomic mass is 9.77. The molecule has 0 heterocycles. The zero-order valence-electron chi connectivity index (χ0n) is 10.1. The van der Waals surface area contributed by atoms with Crippen LogP contribution in [0.5, 0.6) is 0 Å². The highest BCUT2D eigenvalue weighted by molar-refractivity contribution is 5.35. The number of aliphatic hydroxyl groups is 1. The van der Waals surface area contributed by atoms with E-state index < -0.39 is 0 Å². The average Bonchev–Trinajstić information content (AvgIpc) is 2.18. The van der Waals surface area contributed by atoms with Gasteiger partial charge in [0.15, 0.2) is 0 Å². The molecule has 1 aromatic carbocycles. The SMILES string of the molecule is Cc1cccc([C@@H](N)[C@@H](O)C2CCC2)c1C. The van der Waals surface area contributed by atoms with E-state index in [-0.39, 0.29) is 12.1 Å². The molecule has 2 nitrogen and oxygen atoms in total. The molecule has 2 rings (SSSR count). The number of aryl methyl sites for hydroxylation is 1. The summed E-state index contributed by atoms with van der Waals surface area (Å²) >= 11 is 0. The molecule has 1 aromatic rings. The molecule has 0 unspecified atom stereocenters. The molecule has 1 aliphatic rings. The van der Waals surface area contributed by atoms with Crippen molar-refractivity contribution in [3.8, 4) is 0 Å². The van der Waals surface area contributed by atoms with Crippen molar-refractivity contribution in [2.24, 2.45) is 11.7 Å². The van der Waals surface area contributed by atoms with Crippen molar-refractivity contribution in [1.29, 1.82) is 0 Å². The molecule has 2 atom stereocenters. The van der Waals surface area contributed by atoms with Crippen molar-refractivity contribution in [3.05, 3.63) is 34.9 Å². The van der Waals surface area contributed by atoms with E-state index in [1.54, 1.807) is 0 Å². The molecular formula is C14H21NO. The zero-order chi connectivity index (χ0) is 11.7. The van der Waals surface area contributed by atoms with Gasteiger partial charge in [0.05, 0.1) is 12.1 Å². The van der Waals surface area contributed by atoms with Crippen LogP contribution in [0.15, 0.2) is 18.2 Å². The second-order valence-electron chi connectivity index (χ2n) is 5.00. The van der Waals surface area contributed by atoms with Crippen molar-refractivity contribution in [2.75, 3.05) is 0 Å². The first-order chi connectivity index (χ1) is 7.61. The molecule has 2 heteroatoms. The van der Waals surface area contributed by atoms with Gasteiger partial charge in [-0.15, -0.1) is 0 Å². The summed E-state index contributed by atoms with van der Waals surface area (Å²) in [5, 5.41) is 10.2. The maximum Gasteiger partial charge on any atom is 0.0760 e.